The fourth-order valence-electron chi connectivity index (χ4n) is 1.23. The highest BCUT2D eigenvalue weighted by Crippen LogP contribution is 2.22. The number of carboxylic acids is 1. The van der Waals surface area contributed by atoms with Gasteiger partial charge in [-0.15, -0.1) is 0 Å². The lowest BCUT2D eigenvalue weighted by atomic mass is 10.0. The molecular formula is C10H10BrFO2. The monoisotopic (exact) mass is 260 g/mol. The van der Waals surface area contributed by atoms with Crippen LogP contribution >= 0.6 is 15.9 Å². The van der Waals surface area contributed by atoms with E-state index in [2.05, 4.69) is 15.9 Å². The number of aliphatic carboxylic acids is 1. The molecule has 0 bridgehead atoms. The van der Waals surface area contributed by atoms with Crippen molar-refractivity contribution in [1.29, 1.82) is 0 Å². The molecule has 1 N–H and O–H groups in total. The maximum absolute atomic E-state index is 12.6. The summed E-state index contributed by atoms with van der Waals surface area (Å²) >= 11 is 3.23. The Hall–Kier alpha value is -0.900. The molecule has 0 saturated carbocycles. The van der Waals surface area contributed by atoms with Crippen LogP contribution in [0.4, 0.5) is 4.39 Å². The Labute approximate surface area is 89.9 Å². The molecular weight excluding hydrogens is 251 g/mol. The molecule has 0 unspecified atom stereocenters. The van der Waals surface area contributed by atoms with Gasteiger partial charge < -0.3 is 5.11 Å². The average molecular weight is 261 g/mol. The van der Waals surface area contributed by atoms with Crippen molar-refractivity contribution >= 4 is 21.9 Å². The lowest BCUT2D eigenvalue weighted by Gasteiger charge is -2.06. The summed E-state index contributed by atoms with van der Waals surface area (Å²) in [6, 6.07) is 5.28. The van der Waals surface area contributed by atoms with Gasteiger partial charge in [-0.05, 0) is 18.1 Å². The van der Waals surface area contributed by atoms with E-state index in [4.69, 9.17) is 5.11 Å². The molecule has 2 nitrogen and oxygen atoms in total. The van der Waals surface area contributed by atoms with Crippen molar-refractivity contribution in [3.05, 3.63) is 33.8 Å². The number of aryl methyl sites for hydroxylation is 1. The second-order valence-electron chi connectivity index (χ2n) is 2.90. The second-order valence-corrected chi connectivity index (χ2v) is 3.76. The minimum atomic E-state index is -0.866. The topological polar surface area (TPSA) is 37.3 Å². The Bertz CT molecular complexity index is 339. The predicted molar refractivity (Wildman–Crippen MR) is 54.9 cm³/mol. The highest BCUT2D eigenvalue weighted by molar-refractivity contribution is 9.10. The van der Waals surface area contributed by atoms with Crippen LogP contribution in [0.5, 0.6) is 0 Å². The van der Waals surface area contributed by atoms with Gasteiger partial charge in [-0.25, -0.2) is 4.39 Å². The van der Waals surface area contributed by atoms with E-state index in [-0.39, 0.29) is 6.42 Å². The lowest BCUT2D eigenvalue weighted by Crippen LogP contribution is -2.00. The normalized spacial score (nSPS) is 10.1. The molecule has 0 aliphatic carbocycles. The summed E-state index contributed by atoms with van der Waals surface area (Å²) in [6.07, 6.45) is 0.400. The summed E-state index contributed by atoms with van der Waals surface area (Å²) in [5.74, 6) is -0.866. The van der Waals surface area contributed by atoms with Crippen molar-refractivity contribution < 1.29 is 14.3 Å². The van der Waals surface area contributed by atoms with Gasteiger partial charge in [-0.3, -0.25) is 4.79 Å². The number of carboxylic acid groups (broad SMARTS) is 1. The maximum atomic E-state index is 12.6. The SMILES string of the molecule is O=C(O)CCc1cccc(Br)c1CF. The maximum Gasteiger partial charge on any atom is 0.303 e. The first-order chi connectivity index (χ1) is 6.65. The van der Waals surface area contributed by atoms with Crippen molar-refractivity contribution in [1.82, 2.24) is 0 Å². The molecule has 0 atom stereocenters. The fraction of sp³-hybridized carbons (Fsp3) is 0.300. The predicted octanol–water partition coefficient (Wildman–Crippen LogP) is 2.94. The summed E-state index contributed by atoms with van der Waals surface area (Å²) in [4.78, 5) is 10.4. The zero-order valence-electron chi connectivity index (χ0n) is 7.46. The van der Waals surface area contributed by atoms with Gasteiger partial charge in [0.2, 0.25) is 0 Å². The van der Waals surface area contributed by atoms with E-state index >= 15 is 0 Å². The number of benzene rings is 1. The van der Waals surface area contributed by atoms with Gasteiger partial charge in [-0.2, -0.15) is 0 Å². The van der Waals surface area contributed by atoms with Crippen molar-refractivity contribution in [3.8, 4) is 0 Å². The van der Waals surface area contributed by atoms with E-state index in [1.165, 1.54) is 0 Å². The van der Waals surface area contributed by atoms with Gasteiger partial charge in [-0.1, -0.05) is 28.1 Å². The summed E-state index contributed by atoms with van der Waals surface area (Å²) in [5, 5.41) is 8.50. The molecule has 14 heavy (non-hydrogen) atoms. The van der Waals surface area contributed by atoms with Crippen molar-refractivity contribution in [2.24, 2.45) is 0 Å². The average Bonchev–Trinajstić information content (AvgIpc) is 2.14. The zero-order valence-corrected chi connectivity index (χ0v) is 9.05. The van der Waals surface area contributed by atoms with Crippen LogP contribution in [0.3, 0.4) is 0 Å². The number of rotatable bonds is 4. The molecule has 0 amide bonds. The van der Waals surface area contributed by atoms with E-state index < -0.39 is 12.6 Å². The number of hydrogen-bond donors (Lipinski definition) is 1. The molecule has 1 rings (SSSR count). The van der Waals surface area contributed by atoms with E-state index in [1.54, 1.807) is 18.2 Å². The van der Waals surface area contributed by atoms with Crippen LogP contribution < -0.4 is 0 Å². The molecule has 0 radical (unpaired) electrons. The standard InChI is InChI=1S/C10H10BrFO2/c11-9-3-1-2-7(8(9)6-12)4-5-10(13)14/h1-3H,4-6H2,(H,13,14). The number of halogens is 2. The molecule has 0 saturated heterocycles. The lowest BCUT2D eigenvalue weighted by molar-refractivity contribution is -0.136. The summed E-state index contributed by atoms with van der Waals surface area (Å²) in [5.41, 5.74) is 1.30. The molecule has 0 aromatic heterocycles. The first kappa shape index (κ1) is 11.2. The molecule has 0 fully saturated rings. The van der Waals surface area contributed by atoms with Crippen LogP contribution in [0, 0.1) is 0 Å². The quantitative estimate of drug-likeness (QED) is 0.904. The van der Waals surface area contributed by atoms with Gasteiger partial charge in [0, 0.05) is 16.5 Å². The first-order valence-electron chi connectivity index (χ1n) is 4.19. The molecule has 1 aromatic rings. The highest BCUT2D eigenvalue weighted by atomic mass is 79.9. The zero-order chi connectivity index (χ0) is 10.6. The van der Waals surface area contributed by atoms with Gasteiger partial charge in [0.1, 0.15) is 6.67 Å². The molecule has 0 spiro atoms. The Balaban J connectivity index is 2.85. The third-order valence-electron chi connectivity index (χ3n) is 1.96. The molecule has 0 heterocycles. The fourth-order valence-corrected chi connectivity index (χ4v) is 1.74. The van der Waals surface area contributed by atoms with Gasteiger partial charge >= 0.3 is 5.97 Å². The van der Waals surface area contributed by atoms with Crippen LogP contribution in [0.1, 0.15) is 17.5 Å². The van der Waals surface area contributed by atoms with Crippen LogP contribution in [-0.4, -0.2) is 11.1 Å². The van der Waals surface area contributed by atoms with Crippen LogP contribution in [0.15, 0.2) is 22.7 Å². The minimum Gasteiger partial charge on any atom is -0.481 e. The van der Waals surface area contributed by atoms with Crippen LogP contribution in [0.2, 0.25) is 0 Å². The van der Waals surface area contributed by atoms with Gasteiger partial charge in [0.15, 0.2) is 0 Å². The van der Waals surface area contributed by atoms with E-state index in [9.17, 15) is 9.18 Å². The Morgan fingerprint density at radius 1 is 1.50 bits per heavy atom. The highest BCUT2D eigenvalue weighted by Gasteiger charge is 2.07. The second kappa shape index (κ2) is 5.10. The summed E-state index contributed by atoms with van der Waals surface area (Å²) < 4.78 is 13.3. The smallest absolute Gasteiger partial charge is 0.303 e. The Morgan fingerprint density at radius 2 is 2.21 bits per heavy atom. The molecule has 0 aliphatic heterocycles. The number of hydrogen-bond acceptors (Lipinski definition) is 1. The van der Waals surface area contributed by atoms with E-state index in [0.717, 1.165) is 5.56 Å². The van der Waals surface area contributed by atoms with Crippen molar-refractivity contribution in [2.75, 3.05) is 0 Å². The van der Waals surface area contributed by atoms with Crippen molar-refractivity contribution in [3.63, 3.8) is 0 Å². The molecule has 0 aliphatic rings. The molecule has 1 aromatic carbocycles. The van der Waals surface area contributed by atoms with E-state index in [1.807, 2.05) is 0 Å². The number of alkyl halides is 1. The van der Waals surface area contributed by atoms with Crippen LogP contribution in [0.25, 0.3) is 0 Å². The first-order valence-corrected chi connectivity index (χ1v) is 4.98. The number of carbonyl (C=O) groups is 1. The van der Waals surface area contributed by atoms with E-state index in [0.29, 0.717) is 16.5 Å². The third-order valence-corrected chi connectivity index (χ3v) is 2.70. The summed E-state index contributed by atoms with van der Waals surface area (Å²) in [6.45, 7) is -0.573. The van der Waals surface area contributed by atoms with Crippen molar-refractivity contribution in [2.45, 2.75) is 19.5 Å². The molecule has 4 heteroatoms. The Morgan fingerprint density at radius 3 is 2.79 bits per heavy atom. The van der Waals surface area contributed by atoms with Gasteiger partial charge in [0.25, 0.3) is 0 Å². The van der Waals surface area contributed by atoms with Gasteiger partial charge in [0.05, 0.1) is 0 Å². The van der Waals surface area contributed by atoms with Crippen LogP contribution in [-0.2, 0) is 17.9 Å². The largest absolute Gasteiger partial charge is 0.481 e. The summed E-state index contributed by atoms with van der Waals surface area (Å²) in [7, 11) is 0. The molecule has 76 valence electrons. The Kier molecular flexibility index (Phi) is 4.07. The third kappa shape index (κ3) is 2.80. The minimum absolute atomic E-state index is 0.0312.